The van der Waals surface area contributed by atoms with E-state index in [9.17, 15) is 14.4 Å². The molecule has 1 aliphatic carbocycles. The first-order valence-corrected chi connectivity index (χ1v) is 8.25. The van der Waals surface area contributed by atoms with Gasteiger partial charge in [0.25, 0.3) is 11.5 Å². The second-order valence-electron chi connectivity index (χ2n) is 6.56. The SMILES string of the molecule is Cc1c(C(=O)NCC2CCCC2)cnc2c1c(=O)n(C)c(=O)n2C. The van der Waals surface area contributed by atoms with E-state index in [-0.39, 0.29) is 5.91 Å². The molecule has 7 nitrogen and oxygen atoms in total. The molecule has 1 fully saturated rings. The fourth-order valence-electron chi connectivity index (χ4n) is 3.45. The molecule has 0 spiro atoms. The lowest BCUT2D eigenvalue weighted by atomic mass is 10.1. The van der Waals surface area contributed by atoms with Crippen molar-refractivity contribution in [3.63, 3.8) is 0 Å². The monoisotopic (exact) mass is 330 g/mol. The molecule has 0 atom stereocenters. The van der Waals surface area contributed by atoms with Crippen LogP contribution >= 0.6 is 0 Å². The Labute approximate surface area is 139 Å². The van der Waals surface area contributed by atoms with Gasteiger partial charge in [-0.25, -0.2) is 9.78 Å². The Kier molecular flexibility index (Phi) is 4.26. The van der Waals surface area contributed by atoms with E-state index in [1.807, 2.05) is 0 Å². The second-order valence-corrected chi connectivity index (χ2v) is 6.56. The number of hydrogen-bond donors (Lipinski definition) is 1. The van der Waals surface area contributed by atoms with Crippen molar-refractivity contribution in [2.24, 2.45) is 20.0 Å². The van der Waals surface area contributed by atoms with Gasteiger partial charge in [0, 0.05) is 26.8 Å². The second kappa shape index (κ2) is 6.22. The molecule has 0 radical (unpaired) electrons. The van der Waals surface area contributed by atoms with Crippen molar-refractivity contribution < 1.29 is 4.79 Å². The zero-order valence-corrected chi connectivity index (χ0v) is 14.3. The lowest BCUT2D eigenvalue weighted by Crippen LogP contribution is -2.38. The number of pyridine rings is 1. The average molecular weight is 330 g/mol. The third kappa shape index (κ3) is 2.64. The van der Waals surface area contributed by atoms with Crippen molar-refractivity contribution in [1.29, 1.82) is 0 Å². The first kappa shape index (κ1) is 16.4. The van der Waals surface area contributed by atoms with E-state index >= 15 is 0 Å². The van der Waals surface area contributed by atoms with Gasteiger partial charge in [-0.1, -0.05) is 12.8 Å². The Balaban J connectivity index is 2.00. The van der Waals surface area contributed by atoms with Crippen LogP contribution in [0.15, 0.2) is 15.8 Å². The molecule has 1 aliphatic rings. The number of aromatic nitrogens is 3. The number of hydrogen-bond acceptors (Lipinski definition) is 4. The van der Waals surface area contributed by atoms with Gasteiger partial charge in [-0.05, 0) is 31.2 Å². The predicted molar refractivity (Wildman–Crippen MR) is 91.3 cm³/mol. The highest BCUT2D eigenvalue weighted by Crippen LogP contribution is 2.24. The molecule has 0 bridgehead atoms. The van der Waals surface area contributed by atoms with Crippen LogP contribution in [-0.4, -0.2) is 26.6 Å². The number of aryl methyl sites for hydroxylation is 2. The minimum atomic E-state index is -0.433. The number of fused-ring (bicyclic) bond motifs is 1. The zero-order chi connectivity index (χ0) is 17.4. The third-order valence-corrected chi connectivity index (χ3v) is 5.00. The summed E-state index contributed by atoms with van der Waals surface area (Å²) in [5.41, 5.74) is 0.380. The van der Waals surface area contributed by atoms with E-state index in [4.69, 9.17) is 0 Å². The van der Waals surface area contributed by atoms with Crippen molar-refractivity contribution in [2.45, 2.75) is 32.6 Å². The van der Waals surface area contributed by atoms with Gasteiger partial charge in [0.05, 0.1) is 10.9 Å². The van der Waals surface area contributed by atoms with Crippen LogP contribution < -0.4 is 16.6 Å². The van der Waals surface area contributed by atoms with E-state index in [0.717, 1.165) is 17.4 Å². The Morgan fingerprint density at radius 3 is 2.58 bits per heavy atom. The Hall–Kier alpha value is -2.44. The first-order valence-electron chi connectivity index (χ1n) is 8.25. The highest BCUT2D eigenvalue weighted by molar-refractivity contribution is 5.99. The Morgan fingerprint density at radius 1 is 1.25 bits per heavy atom. The van der Waals surface area contributed by atoms with Gasteiger partial charge in [-0.2, -0.15) is 0 Å². The van der Waals surface area contributed by atoms with Gasteiger partial charge in [-0.15, -0.1) is 0 Å². The Bertz CT molecular complexity index is 920. The van der Waals surface area contributed by atoms with Crippen LogP contribution in [0.2, 0.25) is 0 Å². The zero-order valence-electron chi connectivity index (χ0n) is 14.3. The van der Waals surface area contributed by atoms with Crippen molar-refractivity contribution in [1.82, 2.24) is 19.4 Å². The third-order valence-electron chi connectivity index (χ3n) is 5.00. The number of nitrogens with one attached hydrogen (secondary N) is 1. The van der Waals surface area contributed by atoms with Crippen molar-refractivity contribution in [2.75, 3.05) is 6.54 Å². The average Bonchev–Trinajstić information content (AvgIpc) is 3.09. The number of rotatable bonds is 3. The quantitative estimate of drug-likeness (QED) is 0.904. The molecule has 3 rings (SSSR count). The number of nitrogens with zero attached hydrogens (tertiary/aromatic N) is 3. The van der Waals surface area contributed by atoms with Crippen LogP contribution in [0.25, 0.3) is 11.0 Å². The van der Waals surface area contributed by atoms with E-state index in [1.54, 1.807) is 14.0 Å². The summed E-state index contributed by atoms with van der Waals surface area (Å²) in [6, 6.07) is 0. The van der Waals surface area contributed by atoms with Crippen LogP contribution in [0.4, 0.5) is 0 Å². The van der Waals surface area contributed by atoms with Gasteiger partial charge >= 0.3 is 5.69 Å². The molecule has 1 N–H and O–H groups in total. The summed E-state index contributed by atoms with van der Waals surface area (Å²) in [5.74, 6) is 0.320. The fourth-order valence-corrected chi connectivity index (χ4v) is 3.45. The standard InChI is InChI=1S/C17H22N4O3/c1-10-12(15(22)19-8-11-6-4-5-7-11)9-18-14-13(10)16(23)21(3)17(24)20(14)2/h9,11H,4-8H2,1-3H3,(H,19,22). The highest BCUT2D eigenvalue weighted by Gasteiger charge is 2.20. The molecule has 1 saturated carbocycles. The molecule has 2 aromatic heterocycles. The fraction of sp³-hybridized carbons (Fsp3) is 0.529. The van der Waals surface area contributed by atoms with Gasteiger partial charge < -0.3 is 5.32 Å². The minimum absolute atomic E-state index is 0.218. The molecule has 0 aliphatic heterocycles. The van der Waals surface area contributed by atoms with Crippen LogP contribution in [0.5, 0.6) is 0 Å². The summed E-state index contributed by atoms with van der Waals surface area (Å²) in [6.07, 6.45) is 6.19. The van der Waals surface area contributed by atoms with Crippen LogP contribution in [0, 0.1) is 12.8 Å². The topological polar surface area (TPSA) is 86.0 Å². The minimum Gasteiger partial charge on any atom is -0.352 e. The molecule has 0 saturated heterocycles. The lowest BCUT2D eigenvalue weighted by Gasteiger charge is -2.14. The van der Waals surface area contributed by atoms with Crippen LogP contribution in [0.1, 0.15) is 41.6 Å². The lowest BCUT2D eigenvalue weighted by molar-refractivity contribution is 0.0946. The molecule has 2 heterocycles. The normalized spacial score (nSPS) is 15.1. The van der Waals surface area contributed by atoms with Gasteiger partial charge in [0.15, 0.2) is 0 Å². The van der Waals surface area contributed by atoms with Gasteiger partial charge in [0.1, 0.15) is 5.65 Å². The van der Waals surface area contributed by atoms with Crippen molar-refractivity contribution >= 4 is 16.9 Å². The molecule has 7 heteroatoms. The van der Waals surface area contributed by atoms with E-state index in [0.29, 0.717) is 34.6 Å². The van der Waals surface area contributed by atoms with E-state index in [2.05, 4.69) is 10.3 Å². The number of carbonyl (C=O) groups excluding carboxylic acids is 1. The molecular formula is C17H22N4O3. The molecule has 128 valence electrons. The summed E-state index contributed by atoms with van der Waals surface area (Å²) in [6.45, 7) is 2.38. The largest absolute Gasteiger partial charge is 0.352 e. The van der Waals surface area contributed by atoms with Crippen molar-refractivity contribution in [3.8, 4) is 0 Å². The Morgan fingerprint density at radius 2 is 1.92 bits per heavy atom. The van der Waals surface area contributed by atoms with Gasteiger partial charge in [-0.3, -0.25) is 18.7 Å². The molecule has 2 aromatic rings. The van der Waals surface area contributed by atoms with Gasteiger partial charge in [0.2, 0.25) is 0 Å². The van der Waals surface area contributed by atoms with Crippen LogP contribution in [-0.2, 0) is 14.1 Å². The molecule has 0 aromatic carbocycles. The van der Waals surface area contributed by atoms with E-state index < -0.39 is 11.2 Å². The summed E-state index contributed by atoms with van der Waals surface area (Å²) in [4.78, 5) is 41.1. The first-order chi connectivity index (χ1) is 11.4. The highest BCUT2D eigenvalue weighted by atomic mass is 16.2. The van der Waals surface area contributed by atoms with E-state index in [1.165, 1.54) is 30.7 Å². The maximum Gasteiger partial charge on any atom is 0.332 e. The maximum absolute atomic E-state index is 12.5. The predicted octanol–water partition coefficient (Wildman–Crippen LogP) is 0.861. The summed E-state index contributed by atoms with van der Waals surface area (Å²) in [7, 11) is 2.99. The molecule has 0 unspecified atom stereocenters. The maximum atomic E-state index is 12.5. The van der Waals surface area contributed by atoms with Crippen LogP contribution in [0.3, 0.4) is 0 Å². The summed E-state index contributed by atoms with van der Waals surface area (Å²) in [5, 5.41) is 3.26. The summed E-state index contributed by atoms with van der Waals surface area (Å²) >= 11 is 0. The molecular weight excluding hydrogens is 308 g/mol. The number of amides is 1. The smallest absolute Gasteiger partial charge is 0.332 e. The number of carbonyl (C=O) groups is 1. The van der Waals surface area contributed by atoms with Crippen molar-refractivity contribution in [3.05, 3.63) is 38.2 Å². The molecule has 1 amide bonds. The summed E-state index contributed by atoms with van der Waals surface area (Å²) < 4.78 is 2.36. The molecule has 24 heavy (non-hydrogen) atoms.